The van der Waals surface area contributed by atoms with Gasteiger partial charge in [0.25, 0.3) is 0 Å². The summed E-state index contributed by atoms with van der Waals surface area (Å²) in [6.45, 7) is 8.53. The summed E-state index contributed by atoms with van der Waals surface area (Å²) >= 11 is 1.70. The first kappa shape index (κ1) is 19.7. The molecule has 136 valence electrons. The quantitative estimate of drug-likeness (QED) is 0.562. The molecule has 0 bridgehead atoms. The fraction of sp³-hybridized carbons (Fsp3) is 0.455. The van der Waals surface area contributed by atoms with Crippen LogP contribution in [0.5, 0.6) is 11.5 Å². The van der Waals surface area contributed by atoms with Crippen molar-refractivity contribution in [2.24, 2.45) is 0 Å². The van der Waals surface area contributed by atoms with Crippen LogP contribution < -0.4 is 0 Å². The lowest BCUT2D eigenvalue weighted by atomic mass is 10.0. The molecule has 0 aliphatic heterocycles. The predicted molar refractivity (Wildman–Crippen MR) is 107 cm³/mol. The Morgan fingerprint density at radius 2 is 1.12 bits per heavy atom. The van der Waals surface area contributed by atoms with E-state index in [1.807, 2.05) is 12.1 Å². The molecule has 0 atom stereocenters. The van der Waals surface area contributed by atoms with Gasteiger partial charge in [-0.3, -0.25) is 0 Å². The molecular weight excluding hydrogens is 328 g/mol. The zero-order valence-corrected chi connectivity index (χ0v) is 16.7. The Morgan fingerprint density at radius 3 is 1.48 bits per heavy atom. The van der Waals surface area contributed by atoms with Crippen LogP contribution in [0.1, 0.15) is 61.8 Å². The summed E-state index contributed by atoms with van der Waals surface area (Å²) in [4.78, 5) is 2.28. The van der Waals surface area contributed by atoms with E-state index in [-0.39, 0.29) is 0 Å². The summed E-state index contributed by atoms with van der Waals surface area (Å²) in [7, 11) is 0. The van der Waals surface area contributed by atoms with Crippen LogP contribution in [0.2, 0.25) is 0 Å². The van der Waals surface area contributed by atoms with E-state index in [2.05, 4.69) is 27.7 Å². The largest absolute Gasteiger partial charge is 0.508 e. The minimum absolute atomic E-state index is 0.384. The standard InChI is InChI=1S/C22H30O2S/c1-5-7-9-17-19(23)13-11-15(3)21(17)25-22-16(4)12-14-20(24)18(22)10-8-6-2/h11-14,23-24H,5-10H2,1-4H3. The Balaban J connectivity index is 2.49. The molecule has 0 amide bonds. The van der Waals surface area contributed by atoms with Crippen molar-refractivity contribution in [2.45, 2.75) is 76.0 Å². The van der Waals surface area contributed by atoms with Gasteiger partial charge in [0.05, 0.1) is 0 Å². The molecule has 0 saturated carbocycles. The van der Waals surface area contributed by atoms with Crippen molar-refractivity contribution in [2.75, 3.05) is 0 Å². The van der Waals surface area contributed by atoms with Crippen LogP contribution in [0.25, 0.3) is 0 Å². The molecule has 0 fully saturated rings. The molecule has 2 aromatic rings. The first-order valence-electron chi connectivity index (χ1n) is 9.30. The number of benzene rings is 2. The highest BCUT2D eigenvalue weighted by atomic mass is 32.2. The molecule has 2 rings (SSSR count). The smallest absolute Gasteiger partial charge is 0.119 e. The second-order valence-corrected chi connectivity index (χ2v) is 7.75. The summed E-state index contributed by atoms with van der Waals surface area (Å²) in [5.41, 5.74) is 4.43. The predicted octanol–water partition coefficient (Wildman–Crippen LogP) is 6.55. The molecule has 2 N–H and O–H groups in total. The Hall–Kier alpha value is -1.61. The van der Waals surface area contributed by atoms with Crippen molar-refractivity contribution >= 4 is 11.8 Å². The molecule has 0 unspecified atom stereocenters. The van der Waals surface area contributed by atoms with Gasteiger partial charge < -0.3 is 10.2 Å². The van der Waals surface area contributed by atoms with E-state index in [9.17, 15) is 10.2 Å². The maximum atomic E-state index is 10.4. The second kappa shape index (κ2) is 9.19. The third kappa shape index (κ3) is 4.72. The van der Waals surface area contributed by atoms with Crippen molar-refractivity contribution in [1.82, 2.24) is 0 Å². The van der Waals surface area contributed by atoms with Gasteiger partial charge in [-0.1, -0.05) is 50.6 Å². The van der Waals surface area contributed by atoms with Gasteiger partial charge in [0.2, 0.25) is 0 Å². The monoisotopic (exact) mass is 358 g/mol. The average molecular weight is 359 g/mol. The summed E-state index contributed by atoms with van der Waals surface area (Å²) in [5, 5.41) is 20.8. The van der Waals surface area contributed by atoms with E-state index >= 15 is 0 Å². The zero-order valence-electron chi connectivity index (χ0n) is 15.9. The number of phenols is 2. The number of aromatic hydroxyl groups is 2. The van der Waals surface area contributed by atoms with E-state index in [1.165, 1.54) is 11.1 Å². The maximum Gasteiger partial charge on any atom is 0.119 e. The zero-order chi connectivity index (χ0) is 18.4. The minimum Gasteiger partial charge on any atom is -0.508 e. The maximum absolute atomic E-state index is 10.4. The first-order valence-corrected chi connectivity index (χ1v) is 10.1. The van der Waals surface area contributed by atoms with E-state index in [0.717, 1.165) is 59.4 Å². The lowest BCUT2D eigenvalue weighted by molar-refractivity contribution is 0.464. The van der Waals surface area contributed by atoms with Gasteiger partial charge >= 0.3 is 0 Å². The van der Waals surface area contributed by atoms with Gasteiger partial charge in [-0.05, 0) is 62.8 Å². The molecule has 0 saturated heterocycles. The molecular formula is C22H30O2S. The highest BCUT2D eigenvalue weighted by molar-refractivity contribution is 7.99. The van der Waals surface area contributed by atoms with Crippen LogP contribution in [0.15, 0.2) is 34.1 Å². The molecule has 2 aromatic carbocycles. The van der Waals surface area contributed by atoms with Crippen molar-refractivity contribution in [3.05, 3.63) is 46.5 Å². The summed E-state index contributed by atoms with van der Waals surface area (Å²) < 4.78 is 0. The number of unbranched alkanes of at least 4 members (excludes halogenated alkanes) is 2. The third-order valence-corrected chi connectivity index (χ3v) is 6.18. The molecule has 2 nitrogen and oxygen atoms in total. The van der Waals surface area contributed by atoms with Gasteiger partial charge in [-0.25, -0.2) is 0 Å². The van der Waals surface area contributed by atoms with Gasteiger partial charge in [-0.2, -0.15) is 0 Å². The van der Waals surface area contributed by atoms with Crippen LogP contribution in [0, 0.1) is 13.8 Å². The van der Waals surface area contributed by atoms with Gasteiger partial charge in [0.15, 0.2) is 0 Å². The highest BCUT2D eigenvalue weighted by Crippen LogP contribution is 2.43. The van der Waals surface area contributed by atoms with E-state index in [1.54, 1.807) is 23.9 Å². The van der Waals surface area contributed by atoms with Crippen LogP contribution >= 0.6 is 11.8 Å². The van der Waals surface area contributed by atoms with Crippen molar-refractivity contribution < 1.29 is 10.2 Å². The molecule has 0 aromatic heterocycles. The molecule has 25 heavy (non-hydrogen) atoms. The fourth-order valence-electron chi connectivity index (χ4n) is 3.05. The lowest BCUT2D eigenvalue weighted by Crippen LogP contribution is -1.97. The summed E-state index contributed by atoms with van der Waals surface area (Å²) in [5.74, 6) is 0.768. The van der Waals surface area contributed by atoms with Crippen LogP contribution in [0.3, 0.4) is 0 Å². The number of rotatable bonds is 8. The average Bonchev–Trinajstić information content (AvgIpc) is 2.60. The SMILES string of the molecule is CCCCc1c(O)ccc(C)c1Sc1c(C)ccc(O)c1CCCC. The van der Waals surface area contributed by atoms with Crippen LogP contribution in [-0.4, -0.2) is 10.2 Å². The topological polar surface area (TPSA) is 40.5 Å². The number of aryl methyl sites for hydroxylation is 2. The normalized spacial score (nSPS) is 11.0. The van der Waals surface area contributed by atoms with Gasteiger partial charge in [-0.15, -0.1) is 0 Å². The van der Waals surface area contributed by atoms with Crippen molar-refractivity contribution in [3.8, 4) is 11.5 Å². The Kier molecular flexibility index (Phi) is 7.24. The molecule has 0 spiro atoms. The highest BCUT2D eigenvalue weighted by Gasteiger charge is 2.17. The number of hydrogen-bond donors (Lipinski definition) is 2. The van der Waals surface area contributed by atoms with Gasteiger partial charge in [0, 0.05) is 20.9 Å². The van der Waals surface area contributed by atoms with E-state index in [4.69, 9.17) is 0 Å². The number of phenolic OH excluding ortho intramolecular Hbond substituents is 2. The molecule has 0 aliphatic rings. The van der Waals surface area contributed by atoms with Crippen LogP contribution in [-0.2, 0) is 12.8 Å². The minimum atomic E-state index is 0.384. The van der Waals surface area contributed by atoms with E-state index < -0.39 is 0 Å². The molecule has 3 heteroatoms. The Bertz CT molecular complexity index is 661. The molecule has 0 aliphatic carbocycles. The third-order valence-electron chi connectivity index (χ3n) is 4.63. The summed E-state index contributed by atoms with van der Waals surface area (Å²) in [6, 6.07) is 7.57. The number of hydrogen-bond acceptors (Lipinski definition) is 3. The van der Waals surface area contributed by atoms with Crippen molar-refractivity contribution in [1.29, 1.82) is 0 Å². The molecule has 0 radical (unpaired) electrons. The van der Waals surface area contributed by atoms with Crippen molar-refractivity contribution in [3.63, 3.8) is 0 Å². The second-order valence-electron chi connectivity index (χ2n) is 6.73. The van der Waals surface area contributed by atoms with Crippen LogP contribution in [0.4, 0.5) is 0 Å². The van der Waals surface area contributed by atoms with E-state index in [0.29, 0.717) is 11.5 Å². The lowest BCUT2D eigenvalue weighted by Gasteiger charge is -2.18. The fourth-order valence-corrected chi connectivity index (χ4v) is 4.37. The Labute approximate surface area is 156 Å². The van der Waals surface area contributed by atoms with Gasteiger partial charge in [0.1, 0.15) is 11.5 Å². The molecule has 0 heterocycles. The first-order chi connectivity index (χ1) is 12.0. The summed E-state index contributed by atoms with van der Waals surface area (Å²) in [6.07, 6.45) is 6.09. The Morgan fingerprint density at radius 1 is 0.720 bits per heavy atom.